The van der Waals surface area contributed by atoms with Crippen LogP contribution in [-0.2, 0) is 6.54 Å². The van der Waals surface area contributed by atoms with E-state index < -0.39 is 0 Å². The molecule has 0 fully saturated rings. The number of carbonyl (C=O) groups excluding carboxylic acids is 1. The molecule has 0 unspecified atom stereocenters. The molecule has 2 aromatic heterocycles. The lowest BCUT2D eigenvalue weighted by atomic mass is 10.2. The van der Waals surface area contributed by atoms with Gasteiger partial charge in [-0.25, -0.2) is 9.97 Å². The van der Waals surface area contributed by atoms with Gasteiger partial charge in [0, 0.05) is 10.8 Å². The minimum atomic E-state index is -0.146. The number of carbonyl (C=O) groups is 1. The van der Waals surface area contributed by atoms with Crippen molar-refractivity contribution in [3.8, 4) is 0 Å². The lowest BCUT2D eigenvalue weighted by Gasteiger charge is -2.00. The van der Waals surface area contributed by atoms with Gasteiger partial charge in [0.2, 0.25) is 0 Å². The highest BCUT2D eigenvalue weighted by molar-refractivity contribution is 7.09. The lowest BCUT2D eigenvalue weighted by Crippen LogP contribution is -2.22. The van der Waals surface area contributed by atoms with E-state index in [9.17, 15) is 4.79 Å². The molecule has 90 valence electrons. The van der Waals surface area contributed by atoms with E-state index in [4.69, 9.17) is 0 Å². The van der Waals surface area contributed by atoms with Gasteiger partial charge in [-0.2, -0.15) is 0 Å². The van der Waals surface area contributed by atoms with Crippen LogP contribution in [0.1, 0.15) is 41.0 Å². The molecule has 2 aromatic rings. The summed E-state index contributed by atoms with van der Waals surface area (Å²) in [6, 6.07) is 0. The molecule has 0 aromatic carbocycles. The zero-order valence-corrected chi connectivity index (χ0v) is 11.3. The zero-order valence-electron chi connectivity index (χ0n) is 9.64. The van der Waals surface area contributed by atoms with Crippen molar-refractivity contribution in [2.45, 2.75) is 26.3 Å². The first kappa shape index (κ1) is 12.2. The summed E-state index contributed by atoms with van der Waals surface area (Å²) in [7, 11) is 0. The Hall–Kier alpha value is -1.27. The van der Waals surface area contributed by atoms with Gasteiger partial charge in [-0.1, -0.05) is 13.8 Å². The Labute approximate surface area is 108 Å². The molecule has 2 rings (SSSR count). The van der Waals surface area contributed by atoms with Crippen LogP contribution in [0.4, 0.5) is 0 Å². The fraction of sp³-hybridized carbons (Fsp3) is 0.364. The Morgan fingerprint density at radius 3 is 2.88 bits per heavy atom. The Morgan fingerprint density at radius 1 is 1.47 bits per heavy atom. The summed E-state index contributed by atoms with van der Waals surface area (Å²) in [6.45, 7) is 4.67. The Kier molecular flexibility index (Phi) is 3.86. The second-order valence-corrected chi connectivity index (χ2v) is 5.54. The van der Waals surface area contributed by atoms with Crippen LogP contribution in [0.15, 0.2) is 16.3 Å². The molecule has 0 radical (unpaired) electrons. The van der Waals surface area contributed by atoms with Crippen molar-refractivity contribution in [3.05, 3.63) is 32.7 Å². The molecule has 17 heavy (non-hydrogen) atoms. The Morgan fingerprint density at radius 2 is 2.29 bits per heavy atom. The summed E-state index contributed by atoms with van der Waals surface area (Å²) < 4.78 is 0. The van der Waals surface area contributed by atoms with E-state index in [1.807, 2.05) is 5.38 Å². The van der Waals surface area contributed by atoms with E-state index in [1.165, 1.54) is 11.3 Å². The number of thiazole rings is 2. The summed E-state index contributed by atoms with van der Waals surface area (Å²) in [5.74, 6) is 0.279. The molecule has 0 bridgehead atoms. The fourth-order valence-electron chi connectivity index (χ4n) is 1.24. The number of hydrogen-bond acceptors (Lipinski definition) is 5. The zero-order chi connectivity index (χ0) is 12.3. The summed E-state index contributed by atoms with van der Waals surface area (Å²) in [5, 5.41) is 7.50. The highest BCUT2D eigenvalue weighted by Gasteiger charge is 2.09. The van der Waals surface area contributed by atoms with Crippen LogP contribution in [0.3, 0.4) is 0 Å². The van der Waals surface area contributed by atoms with E-state index in [0.29, 0.717) is 18.2 Å². The second kappa shape index (κ2) is 5.37. The first-order valence-electron chi connectivity index (χ1n) is 5.27. The molecular weight excluding hydrogens is 254 g/mol. The van der Waals surface area contributed by atoms with Gasteiger partial charge in [0.15, 0.2) is 0 Å². The predicted octanol–water partition coefficient (Wildman–Crippen LogP) is 2.65. The molecule has 1 amide bonds. The van der Waals surface area contributed by atoms with Gasteiger partial charge in [0.05, 0.1) is 17.7 Å². The van der Waals surface area contributed by atoms with Gasteiger partial charge in [-0.15, -0.1) is 22.7 Å². The molecule has 4 nitrogen and oxygen atoms in total. The monoisotopic (exact) mass is 267 g/mol. The van der Waals surface area contributed by atoms with Crippen molar-refractivity contribution in [2.75, 3.05) is 0 Å². The minimum absolute atomic E-state index is 0.146. The minimum Gasteiger partial charge on any atom is -0.344 e. The normalized spacial score (nSPS) is 10.8. The first-order chi connectivity index (χ1) is 8.16. The van der Waals surface area contributed by atoms with Gasteiger partial charge in [-0.3, -0.25) is 4.79 Å². The summed E-state index contributed by atoms with van der Waals surface area (Å²) in [5.41, 5.74) is 3.19. The Balaban J connectivity index is 1.91. The highest BCUT2D eigenvalue weighted by Crippen LogP contribution is 2.17. The molecule has 0 atom stereocenters. The van der Waals surface area contributed by atoms with Crippen LogP contribution in [0.2, 0.25) is 0 Å². The molecular formula is C11H13N3OS2. The van der Waals surface area contributed by atoms with E-state index in [-0.39, 0.29) is 5.91 Å². The standard InChI is InChI=1S/C11H13N3OS2/c1-7(2)8-5-17-10(14-8)3-12-11(15)9-4-16-6-13-9/h4-7H,3H2,1-2H3,(H,12,15). The third kappa shape index (κ3) is 3.10. The third-order valence-electron chi connectivity index (χ3n) is 2.23. The summed E-state index contributed by atoms with van der Waals surface area (Å²) in [4.78, 5) is 20.0. The predicted molar refractivity (Wildman–Crippen MR) is 69.5 cm³/mol. The van der Waals surface area contributed by atoms with Gasteiger partial charge in [0.25, 0.3) is 5.91 Å². The molecule has 0 saturated heterocycles. The number of amides is 1. The average molecular weight is 267 g/mol. The van der Waals surface area contributed by atoms with Crippen LogP contribution in [0.5, 0.6) is 0 Å². The van der Waals surface area contributed by atoms with Crippen molar-refractivity contribution < 1.29 is 4.79 Å². The van der Waals surface area contributed by atoms with Crippen molar-refractivity contribution >= 4 is 28.6 Å². The maximum absolute atomic E-state index is 11.6. The van der Waals surface area contributed by atoms with E-state index in [1.54, 1.807) is 22.2 Å². The molecule has 6 heteroatoms. The van der Waals surface area contributed by atoms with Crippen LogP contribution in [-0.4, -0.2) is 15.9 Å². The molecule has 1 N–H and O–H groups in total. The smallest absolute Gasteiger partial charge is 0.271 e. The molecule has 0 spiro atoms. The largest absolute Gasteiger partial charge is 0.344 e. The first-order valence-corrected chi connectivity index (χ1v) is 7.09. The van der Waals surface area contributed by atoms with Gasteiger partial charge < -0.3 is 5.32 Å². The van der Waals surface area contributed by atoms with Crippen LogP contribution in [0, 0.1) is 0 Å². The van der Waals surface area contributed by atoms with Gasteiger partial charge in [0.1, 0.15) is 10.7 Å². The second-order valence-electron chi connectivity index (χ2n) is 3.88. The van der Waals surface area contributed by atoms with E-state index in [2.05, 4.69) is 29.1 Å². The van der Waals surface area contributed by atoms with E-state index >= 15 is 0 Å². The SMILES string of the molecule is CC(C)c1csc(CNC(=O)c2cscn2)n1. The average Bonchev–Trinajstić information content (AvgIpc) is 2.97. The molecule has 2 heterocycles. The molecule has 0 aliphatic rings. The van der Waals surface area contributed by atoms with Crippen molar-refractivity contribution in [3.63, 3.8) is 0 Å². The molecule has 0 aliphatic carbocycles. The van der Waals surface area contributed by atoms with Gasteiger partial charge >= 0.3 is 0 Å². The lowest BCUT2D eigenvalue weighted by molar-refractivity contribution is 0.0946. The number of nitrogens with one attached hydrogen (secondary N) is 1. The molecule has 0 saturated carbocycles. The quantitative estimate of drug-likeness (QED) is 0.926. The number of hydrogen-bond donors (Lipinski definition) is 1. The fourth-order valence-corrected chi connectivity index (χ4v) is 2.67. The highest BCUT2D eigenvalue weighted by atomic mass is 32.1. The summed E-state index contributed by atoms with van der Waals surface area (Å²) in [6.07, 6.45) is 0. The van der Waals surface area contributed by atoms with Crippen LogP contribution < -0.4 is 5.32 Å². The topological polar surface area (TPSA) is 54.9 Å². The van der Waals surface area contributed by atoms with Crippen LogP contribution in [0.25, 0.3) is 0 Å². The summed E-state index contributed by atoms with van der Waals surface area (Å²) >= 11 is 2.99. The van der Waals surface area contributed by atoms with Crippen molar-refractivity contribution in [1.29, 1.82) is 0 Å². The number of nitrogens with zero attached hydrogens (tertiary/aromatic N) is 2. The maximum atomic E-state index is 11.6. The number of aromatic nitrogens is 2. The Bertz CT molecular complexity index is 491. The van der Waals surface area contributed by atoms with Crippen molar-refractivity contribution in [1.82, 2.24) is 15.3 Å². The molecule has 0 aliphatic heterocycles. The number of rotatable bonds is 4. The van der Waals surface area contributed by atoms with Crippen LogP contribution >= 0.6 is 22.7 Å². The van der Waals surface area contributed by atoms with Crippen molar-refractivity contribution in [2.24, 2.45) is 0 Å². The van der Waals surface area contributed by atoms with E-state index in [0.717, 1.165) is 10.7 Å². The third-order valence-corrected chi connectivity index (χ3v) is 3.68. The van der Waals surface area contributed by atoms with Gasteiger partial charge in [-0.05, 0) is 5.92 Å². The maximum Gasteiger partial charge on any atom is 0.271 e.